The van der Waals surface area contributed by atoms with E-state index in [1.54, 1.807) is 31.2 Å². The van der Waals surface area contributed by atoms with Crippen LogP contribution in [0.5, 0.6) is 0 Å². The summed E-state index contributed by atoms with van der Waals surface area (Å²) in [5, 5.41) is 2.23. The van der Waals surface area contributed by atoms with Gasteiger partial charge in [-0.15, -0.1) is 0 Å². The van der Waals surface area contributed by atoms with E-state index in [4.69, 9.17) is 5.73 Å². The minimum atomic E-state index is -3.19. The van der Waals surface area contributed by atoms with Crippen LogP contribution in [0.15, 0.2) is 24.3 Å². The quantitative estimate of drug-likeness (QED) is 0.780. The molecule has 19 heavy (non-hydrogen) atoms. The Labute approximate surface area is 114 Å². The van der Waals surface area contributed by atoms with Gasteiger partial charge in [0.2, 0.25) is 5.91 Å². The van der Waals surface area contributed by atoms with Crippen LogP contribution in [0.4, 0.5) is 11.4 Å². The van der Waals surface area contributed by atoms with Gasteiger partial charge in [0.25, 0.3) is 0 Å². The Balaban J connectivity index is 2.51. The van der Waals surface area contributed by atoms with E-state index >= 15 is 0 Å². The molecule has 0 radical (unpaired) electrons. The highest BCUT2D eigenvalue weighted by Gasteiger charge is 2.20. The molecule has 1 unspecified atom stereocenters. The van der Waals surface area contributed by atoms with Gasteiger partial charge in [0.05, 0.1) is 11.0 Å². The SMILES string of the molecule is CCC(C)S(=O)(=O)CCC(=O)Nc1ccc(N)cc1. The molecule has 106 valence electrons. The number of carbonyl (C=O) groups is 1. The summed E-state index contributed by atoms with van der Waals surface area (Å²) in [5.74, 6) is -0.431. The number of amides is 1. The lowest BCUT2D eigenvalue weighted by atomic mass is 10.3. The van der Waals surface area contributed by atoms with E-state index in [9.17, 15) is 13.2 Å². The lowest BCUT2D eigenvalue weighted by Crippen LogP contribution is -2.24. The number of carbonyl (C=O) groups excluding carboxylic acids is 1. The molecule has 6 heteroatoms. The maximum absolute atomic E-state index is 11.8. The first-order valence-electron chi connectivity index (χ1n) is 6.22. The van der Waals surface area contributed by atoms with Crippen LogP contribution in [0, 0.1) is 0 Å². The van der Waals surface area contributed by atoms with E-state index in [1.165, 1.54) is 0 Å². The van der Waals surface area contributed by atoms with Crippen molar-refractivity contribution in [3.8, 4) is 0 Å². The first-order valence-corrected chi connectivity index (χ1v) is 7.93. The molecule has 5 nitrogen and oxygen atoms in total. The number of benzene rings is 1. The molecule has 1 aromatic rings. The van der Waals surface area contributed by atoms with E-state index in [2.05, 4.69) is 5.32 Å². The van der Waals surface area contributed by atoms with Crippen molar-refractivity contribution in [3.05, 3.63) is 24.3 Å². The summed E-state index contributed by atoms with van der Waals surface area (Å²) >= 11 is 0. The molecule has 0 saturated carbocycles. The number of sulfone groups is 1. The second-order valence-electron chi connectivity index (χ2n) is 4.51. The van der Waals surface area contributed by atoms with E-state index in [-0.39, 0.29) is 18.1 Å². The Morgan fingerprint density at radius 3 is 2.42 bits per heavy atom. The summed E-state index contributed by atoms with van der Waals surface area (Å²) in [5.41, 5.74) is 6.75. The van der Waals surface area contributed by atoms with Crippen LogP contribution in [-0.4, -0.2) is 25.3 Å². The van der Waals surface area contributed by atoms with Crippen LogP contribution in [0.25, 0.3) is 0 Å². The lowest BCUT2D eigenvalue weighted by molar-refractivity contribution is -0.115. The number of rotatable bonds is 6. The topological polar surface area (TPSA) is 89.3 Å². The average Bonchev–Trinajstić information content (AvgIpc) is 2.38. The number of nitrogens with one attached hydrogen (secondary N) is 1. The average molecular weight is 284 g/mol. The fourth-order valence-electron chi connectivity index (χ4n) is 1.48. The van der Waals surface area contributed by atoms with Crippen molar-refractivity contribution in [2.75, 3.05) is 16.8 Å². The van der Waals surface area contributed by atoms with Gasteiger partial charge in [0.15, 0.2) is 9.84 Å². The second-order valence-corrected chi connectivity index (χ2v) is 7.04. The van der Waals surface area contributed by atoms with Gasteiger partial charge in [0.1, 0.15) is 0 Å². The van der Waals surface area contributed by atoms with Gasteiger partial charge in [-0.25, -0.2) is 8.42 Å². The Morgan fingerprint density at radius 2 is 1.89 bits per heavy atom. The van der Waals surface area contributed by atoms with Gasteiger partial charge < -0.3 is 11.1 Å². The molecule has 1 amide bonds. The largest absolute Gasteiger partial charge is 0.399 e. The van der Waals surface area contributed by atoms with Crippen LogP contribution in [0.2, 0.25) is 0 Å². The molecule has 0 aliphatic rings. The lowest BCUT2D eigenvalue weighted by Gasteiger charge is -2.10. The summed E-state index contributed by atoms with van der Waals surface area (Å²) in [6, 6.07) is 6.70. The molecule has 3 N–H and O–H groups in total. The predicted molar refractivity (Wildman–Crippen MR) is 77.6 cm³/mol. The zero-order valence-corrected chi connectivity index (χ0v) is 12.0. The molecular formula is C13H20N2O3S. The minimum Gasteiger partial charge on any atom is -0.399 e. The molecule has 1 aromatic carbocycles. The smallest absolute Gasteiger partial charge is 0.225 e. The second kappa shape index (κ2) is 6.56. The molecule has 0 spiro atoms. The molecule has 1 rings (SSSR count). The van der Waals surface area contributed by atoms with Crippen molar-refractivity contribution in [3.63, 3.8) is 0 Å². The minimum absolute atomic E-state index is 0.0307. The van der Waals surface area contributed by atoms with E-state index < -0.39 is 15.1 Å². The van der Waals surface area contributed by atoms with Crippen LogP contribution in [0.3, 0.4) is 0 Å². The molecule has 0 aliphatic carbocycles. The van der Waals surface area contributed by atoms with Gasteiger partial charge in [-0.3, -0.25) is 4.79 Å². The third-order valence-electron chi connectivity index (χ3n) is 3.00. The van der Waals surface area contributed by atoms with Crippen LogP contribution < -0.4 is 11.1 Å². The van der Waals surface area contributed by atoms with Crippen molar-refractivity contribution >= 4 is 27.1 Å². The number of hydrogen-bond acceptors (Lipinski definition) is 4. The zero-order valence-electron chi connectivity index (χ0n) is 11.2. The van der Waals surface area contributed by atoms with E-state index in [0.29, 0.717) is 17.8 Å². The Bertz CT molecular complexity index is 523. The predicted octanol–water partition coefficient (Wildman–Crippen LogP) is 1.81. The fourth-order valence-corrected chi connectivity index (χ4v) is 2.86. The van der Waals surface area contributed by atoms with Crippen LogP contribution in [-0.2, 0) is 14.6 Å². The number of nitrogen functional groups attached to an aromatic ring is 1. The summed E-state index contributed by atoms with van der Waals surface area (Å²) in [6.45, 7) is 3.48. The molecule has 0 heterocycles. The van der Waals surface area contributed by atoms with Crippen molar-refractivity contribution in [1.82, 2.24) is 0 Å². The summed E-state index contributed by atoms with van der Waals surface area (Å²) in [7, 11) is -3.19. The van der Waals surface area contributed by atoms with Gasteiger partial charge in [-0.05, 0) is 37.6 Å². The summed E-state index contributed by atoms with van der Waals surface area (Å²) < 4.78 is 23.5. The van der Waals surface area contributed by atoms with E-state index in [0.717, 1.165) is 0 Å². The van der Waals surface area contributed by atoms with Crippen LogP contribution >= 0.6 is 0 Å². The van der Waals surface area contributed by atoms with Gasteiger partial charge in [-0.2, -0.15) is 0 Å². The Hall–Kier alpha value is -1.56. The highest BCUT2D eigenvalue weighted by Crippen LogP contribution is 2.12. The van der Waals surface area contributed by atoms with E-state index in [1.807, 2.05) is 6.92 Å². The number of hydrogen-bond donors (Lipinski definition) is 2. The number of nitrogens with two attached hydrogens (primary N) is 1. The van der Waals surface area contributed by atoms with Gasteiger partial charge in [0, 0.05) is 17.8 Å². The molecule has 0 aromatic heterocycles. The molecule has 1 atom stereocenters. The maximum Gasteiger partial charge on any atom is 0.225 e. The summed E-state index contributed by atoms with van der Waals surface area (Å²) in [4.78, 5) is 11.6. The molecule has 0 aliphatic heterocycles. The summed E-state index contributed by atoms with van der Waals surface area (Å²) in [6.07, 6.45) is 0.527. The van der Waals surface area contributed by atoms with Crippen molar-refractivity contribution < 1.29 is 13.2 Å². The molecule has 0 bridgehead atoms. The molecule has 0 fully saturated rings. The van der Waals surface area contributed by atoms with Crippen molar-refractivity contribution in [2.45, 2.75) is 31.9 Å². The normalized spacial score (nSPS) is 12.9. The highest BCUT2D eigenvalue weighted by atomic mass is 32.2. The molecular weight excluding hydrogens is 264 g/mol. The Kier molecular flexibility index (Phi) is 5.35. The number of anilines is 2. The third kappa shape index (κ3) is 4.90. The standard InChI is InChI=1S/C13H20N2O3S/c1-3-10(2)19(17,18)9-8-13(16)15-12-6-4-11(14)5-7-12/h4-7,10H,3,8-9,14H2,1-2H3,(H,15,16). The monoisotopic (exact) mass is 284 g/mol. The van der Waals surface area contributed by atoms with Gasteiger partial charge >= 0.3 is 0 Å². The first-order chi connectivity index (χ1) is 8.85. The van der Waals surface area contributed by atoms with Crippen molar-refractivity contribution in [2.24, 2.45) is 0 Å². The van der Waals surface area contributed by atoms with Crippen molar-refractivity contribution in [1.29, 1.82) is 0 Å². The third-order valence-corrected chi connectivity index (χ3v) is 5.33. The zero-order chi connectivity index (χ0) is 14.5. The first kappa shape index (κ1) is 15.5. The highest BCUT2D eigenvalue weighted by molar-refractivity contribution is 7.92. The van der Waals surface area contributed by atoms with Gasteiger partial charge in [-0.1, -0.05) is 6.92 Å². The maximum atomic E-state index is 11.8. The Morgan fingerprint density at radius 1 is 1.32 bits per heavy atom. The fraction of sp³-hybridized carbons (Fsp3) is 0.462. The molecule has 0 saturated heterocycles. The van der Waals surface area contributed by atoms with Crippen LogP contribution in [0.1, 0.15) is 26.7 Å².